The van der Waals surface area contributed by atoms with Crippen LogP contribution in [0.15, 0.2) is 18.2 Å². The van der Waals surface area contributed by atoms with Crippen molar-refractivity contribution in [2.75, 3.05) is 5.73 Å². The summed E-state index contributed by atoms with van der Waals surface area (Å²) < 4.78 is 3.77. The lowest BCUT2D eigenvalue weighted by molar-refractivity contribution is 1.77. The Balaban J connectivity index is 2.95. The largest absolute Gasteiger partial charge is 0.390 e. The monoisotopic (exact) mass is 401 g/mol. The van der Waals surface area contributed by atoms with E-state index in [9.17, 15) is 0 Å². The highest BCUT2D eigenvalue weighted by molar-refractivity contribution is 14.1. The van der Waals surface area contributed by atoms with Crippen LogP contribution in [0.5, 0.6) is 0 Å². The zero-order valence-corrected chi connectivity index (χ0v) is 11.1. The minimum Gasteiger partial charge on any atom is -0.390 e. The third-order valence-electron chi connectivity index (χ3n) is 1.63. The summed E-state index contributed by atoms with van der Waals surface area (Å²) in [5, 5.41) is 2.21. The molecule has 1 nitrogen and oxygen atoms in total. The first-order chi connectivity index (χ1) is 5.70. The number of nitrogens with two attached hydrogens (primary N) is 1. The van der Waals surface area contributed by atoms with Crippen molar-refractivity contribution in [2.24, 2.45) is 0 Å². The van der Waals surface area contributed by atoms with Gasteiger partial charge in [0.05, 0.1) is 8.27 Å². The number of fused-ring (bicyclic) bond motifs is 1. The summed E-state index contributed by atoms with van der Waals surface area (Å²) in [7, 11) is 0. The minimum absolute atomic E-state index is 0.926. The molecular weight excluding hydrogens is 396 g/mol. The molecule has 4 heteroatoms. The maximum absolute atomic E-state index is 5.83. The molecule has 2 N–H and O–H groups in total. The Kier molecular flexibility index (Phi) is 2.48. The number of benzene rings is 1. The molecule has 0 aliphatic carbocycles. The van der Waals surface area contributed by atoms with Gasteiger partial charge in [0.2, 0.25) is 0 Å². The molecule has 0 radical (unpaired) electrons. The van der Waals surface area contributed by atoms with Crippen LogP contribution in [0.4, 0.5) is 5.00 Å². The van der Waals surface area contributed by atoms with Gasteiger partial charge in [-0.15, -0.1) is 11.3 Å². The number of hydrogen-bond donors (Lipinski definition) is 1. The maximum atomic E-state index is 5.83. The van der Waals surface area contributed by atoms with Crippen LogP contribution >= 0.6 is 56.5 Å². The molecule has 0 amide bonds. The SMILES string of the molecule is Nc1sc2c(I)cccc2c1I. The van der Waals surface area contributed by atoms with E-state index in [1.54, 1.807) is 11.3 Å². The van der Waals surface area contributed by atoms with Crippen molar-refractivity contribution < 1.29 is 0 Å². The van der Waals surface area contributed by atoms with Gasteiger partial charge in [-0.1, -0.05) is 12.1 Å². The molecule has 0 saturated carbocycles. The molecule has 62 valence electrons. The second-order valence-corrected chi connectivity index (χ2v) is 5.69. The summed E-state index contributed by atoms with van der Waals surface area (Å²) in [6, 6.07) is 6.29. The van der Waals surface area contributed by atoms with E-state index in [4.69, 9.17) is 5.73 Å². The maximum Gasteiger partial charge on any atom is 0.100 e. The average molecular weight is 401 g/mol. The molecule has 0 aliphatic rings. The van der Waals surface area contributed by atoms with Crippen molar-refractivity contribution >= 4 is 71.6 Å². The summed E-state index contributed by atoms with van der Waals surface area (Å²) in [6.45, 7) is 0. The Morgan fingerprint density at radius 1 is 1.25 bits per heavy atom. The lowest BCUT2D eigenvalue weighted by atomic mass is 10.3. The molecule has 0 atom stereocenters. The van der Waals surface area contributed by atoms with E-state index in [1.807, 2.05) is 0 Å². The lowest BCUT2D eigenvalue weighted by Crippen LogP contribution is -1.79. The highest BCUT2D eigenvalue weighted by Gasteiger charge is 2.07. The van der Waals surface area contributed by atoms with Gasteiger partial charge in [0, 0.05) is 8.96 Å². The van der Waals surface area contributed by atoms with E-state index in [-0.39, 0.29) is 0 Å². The summed E-state index contributed by atoms with van der Waals surface area (Å²) >= 11 is 6.30. The standard InChI is InChI=1S/C8H5I2NS/c9-5-3-1-2-4-6(10)8(11)12-7(4)5/h1-3H,11H2. The Bertz CT molecular complexity index is 436. The fourth-order valence-corrected chi connectivity index (χ4v) is 3.73. The molecule has 0 bridgehead atoms. The molecule has 2 rings (SSSR count). The van der Waals surface area contributed by atoms with Crippen molar-refractivity contribution in [3.63, 3.8) is 0 Å². The number of thiophene rings is 1. The fourth-order valence-electron chi connectivity index (χ4n) is 1.07. The summed E-state index contributed by atoms with van der Waals surface area (Å²) in [4.78, 5) is 0. The van der Waals surface area contributed by atoms with Crippen LogP contribution in [0, 0.1) is 7.14 Å². The molecule has 1 heterocycles. The third kappa shape index (κ3) is 1.33. The van der Waals surface area contributed by atoms with Crippen LogP contribution in [-0.4, -0.2) is 0 Å². The van der Waals surface area contributed by atoms with Gasteiger partial charge in [-0.05, 0) is 51.2 Å². The zero-order valence-electron chi connectivity index (χ0n) is 5.97. The Labute approximate surface area is 102 Å². The first-order valence-corrected chi connectivity index (χ1v) is 6.29. The number of halogens is 2. The quantitative estimate of drug-likeness (QED) is 0.670. The molecule has 0 saturated heterocycles. The normalized spacial score (nSPS) is 10.8. The van der Waals surface area contributed by atoms with E-state index < -0.39 is 0 Å². The Morgan fingerprint density at radius 3 is 2.67 bits per heavy atom. The predicted molar refractivity (Wildman–Crippen MR) is 71.7 cm³/mol. The molecule has 0 spiro atoms. The summed E-state index contributed by atoms with van der Waals surface area (Å²) in [5.41, 5.74) is 5.83. The highest BCUT2D eigenvalue weighted by atomic mass is 127. The van der Waals surface area contributed by atoms with Crippen LogP contribution in [0.3, 0.4) is 0 Å². The van der Waals surface area contributed by atoms with Gasteiger partial charge < -0.3 is 5.73 Å². The van der Waals surface area contributed by atoms with Crippen LogP contribution in [0.25, 0.3) is 10.1 Å². The van der Waals surface area contributed by atoms with Crippen molar-refractivity contribution in [1.29, 1.82) is 0 Å². The molecule has 0 fully saturated rings. The van der Waals surface area contributed by atoms with Gasteiger partial charge >= 0.3 is 0 Å². The smallest absolute Gasteiger partial charge is 0.100 e. The van der Waals surface area contributed by atoms with Gasteiger partial charge in [-0.2, -0.15) is 0 Å². The van der Waals surface area contributed by atoms with Gasteiger partial charge in [-0.3, -0.25) is 0 Å². The van der Waals surface area contributed by atoms with Crippen LogP contribution in [-0.2, 0) is 0 Å². The number of hydrogen-bond acceptors (Lipinski definition) is 2. The van der Waals surface area contributed by atoms with E-state index >= 15 is 0 Å². The zero-order chi connectivity index (χ0) is 8.72. The molecular formula is C8H5I2NS. The molecule has 1 aromatic carbocycles. The molecule has 1 aromatic heterocycles. The van der Waals surface area contributed by atoms with Gasteiger partial charge in [0.1, 0.15) is 5.00 Å². The van der Waals surface area contributed by atoms with Gasteiger partial charge in [0.15, 0.2) is 0 Å². The molecule has 0 unspecified atom stereocenters. The van der Waals surface area contributed by atoms with Crippen molar-refractivity contribution in [1.82, 2.24) is 0 Å². The number of nitrogen functional groups attached to an aromatic ring is 1. The number of rotatable bonds is 0. The van der Waals surface area contributed by atoms with Crippen molar-refractivity contribution in [3.8, 4) is 0 Å². The first-order valence-electron chi connectivity index (χ1n) is 3.32. The van der Waals surface area contributed by atoms with Gasteiger partial charge in [-0.25, -0.2) is 0 Å². The summed E-state index contributed by atoms with van der Waals surface area (Å²) in [6.07, 6.45) is 0. The molecule has 12 heavy (non-hydrogen) atoms. The van der Waals surface area contributed by atoms with Gasteiger partial charge in [0.25, 0.3) is 0 Å². The van der Waals surface area contributed by atoms with Crippen molar-refractivity contribution in [3.05, 3.63) is 25.3 Å². The molecule has 0 aliphatic heterocycles. The van der Waals surface area contributed by atoms with E-state index in [0.717, 1.165) is 5.00 Å². The van der Waals surface area contributed by atoms with Crippen LogP contribution in [0.1, 0.15) is 0 Å². The average Bonchev–Trinajstić information content (AvgIpc) is 2.32. The highest BCUT2D eigenvalue weighted by Crippen LogP contribution is 2.36. The van der Waals surface area contributed by atoms with Crippen molar-refractivity contribution in [2.45, 2.75) is 0 Å². The minimum atomic E-state index is 0.926. The fraction of sp³-hybridized carbons (Fsp3) is 0. The summed E-state index contributed by atoms with van der Waals surface area (Å²) in [5.74, 6) is 0. The first kappa shape index (κ1) is 9.01. The molecule has 2 aromatic rings. The Morgan fingerprint density at radius 2 is 2.00 bits per heavy atom. The number of anilines is 1. The van der Waals surface area contributed by atoms with Crippen LogP contribution < -0.4 is 5.73 Å². The van der Waals surface area contributed by atoms with Crippen LogP contribution in [0.2, 0.25) is 0 Å². The third-order valence-corrected chi connectivity index (χ3v) is 5.49. The Hall–Kier alpha value is 0.440. The second kappa shape index (κ2) is 3.30. The lowest BCUT2D eigenvalue weighted by Gasteiger charge is -1.91. The van der Waals surface area contributed by atoms with E-state index in [0.29, 0.717) is 0 Å². The topological polar surface area (TPSA) is 26.0 Å². The van der Waals surface area contributed by atoms with E-state index in [2.05, 4.69) is 63.4 Å². The predicted octanol–water partition coefficient (Wildman–Crippen LogP) is 3.69. The second-order valence-electron chi connectivity index (χ2n) is 2.40. The van der Waals surface area contributed by atoms with E-state index in [1.165, 1.54) is 17.2 Å².